The van der Waals surface area contributed by atoms with Gasteiger partial charge in [0, 0.05) is 5.56 Å². The molecule has 2 aromatic rings. The lowest BCUT2D eigenvalue weighted by Gasteiger charge is -2.13. The molecule has 0 saturated heterocycles. The minimum absolute atomic E-state index is 0.0779. The van der Waals surface area contributed by atoms with Crippen LogP contribution in [0.15, 0.2) is 42.5 Å². The number of halogens is 3. The van der Waals surface area contributed by atoms with E-state index in [9.17, 15) is 4.39 Å². The monoisotopic (exact) mass is 298 g/mol. The van der Waals surface area contributed by atoms with E-state index in [4.69, 9.17) is 27.9 Å². The predicted molar refractivity (Wildman–Crippen MR) is 76.7 cm³/mol. The van der Waals surface area contributed by atoms with Crippen molar-refractivity contribution in [1.29, 1.82) is 0 Å². The Morgan fingerprint density at radius 3 is 2.47 bits per heavy atom. The number of ether oxygens (including phenoxy) is 1. The molecule has 0 aliphatic heterocycles. The molecule has 0 aromatic heterocycles. The third-order valence-electron chi connectivity index (χ3n) is 2.74. The van der Waals surface area contributed by atoms with Crippen LogP contribution in [0, 0.1) is 5.82 Å². The predicted octanol–water partition coefficient (Wildman–Crippen LogP) is 5.21. The normalized spacial score (nSPS) is 12.2. The Morgan fingerprint density at radius 2 is 1.84 bits per heavy atom. The lowest BCUT2D eigenvalue weighted by Crippen LogP contribution is -1.98. The third-order valence-corrected chi connectivity index (χ3v) is 3.52. The van der Waals surface area contributed by atoms with Gasteiger partial charge in [-0.1, -0.05) is 35.9 Å². The summed E-state index contributed by atoms with van der Waals surface area (Å²) in [5, 5.41) is -0.497. The summed E-state index contributed by atoms with van der Waals surface area (Å²) in [7, 11) is 0. The zero-order valence-corrected chi connectivity index (χ0v) is 11.9. The maximum atomic E-state index is 13.9. The second-order valence-electron chi connectivity index (χ2n) is 4.01. The van der Waals surface area contributed by atoms with Gasteiger partial charge in [-0.25, -0.2) is 4.39 Å². The van der Waals surface area contributed by atoms with Crippen LogP contribution in [-0.4, -0.2) is 6.61 Å². The van der Waals surface area contributed by atoms with Crippen molar-refractivity contribution in [3.05, 3.63) is 64.4 Å². The molecule has 0 radical (unpaired) electrons. The van der Waals surface area contributed by atoms with Crippen molar-refractivity contribution in [2.24, 2.45) is 0 Å². The van der Waals surface area contributed by atoms with Crippen LogP contribution in [0.25, 0.3) is 0 Å². The lowest BCUT2D eigenvalue weighted by atomic mass is 10.0. The topological polar surface area (TPSA) is 9.23 Å². The Hall–Kier alpha value is -1.25. The lowest BCUT2D eigenvalue weighted by molar-refractivity contribution is 0.340. The summed E-state index contributed by atoms with van der Waals surface area (Å²) in [4.78, 5) is 0. The summed E-state index contributed by atoms with van der Waals surface area (Å²) in [5.74, 6) is 0.291. The summed E-state index contributed by atoms with van der Waals surface area (Å²) in [5.41, 5.74) is 1.17. The highest BCUT2D eigenvalue weighted by atomic mass is 35.5. The smallest absolute Gasteiger partial charge is 0.146 e. The summed E-state index contributed by atoms with van der Waals surface area (Å²) < 4.78 is 19.2. The Balaban J connectivity index is 2.28. The molecular weight excluding hydrogens is 286 g/mol. The Bertz CT molecular complexity index is 555. The van der Waals surface area contributed by atoms with Crippen LogP contribution in [0.1, 0.15) is 23.4 Å². The maximum absolute atomic E-state index is 13.9. The van der Waals surface area contributed by atoms with E-state index in [-0.39, 0.29) is 5.02 Å². The molecule has 0 amide bonds. The average Bonchev–Trinajstić information content (AvgIpc) is 2.42. The zero-order chi connectivity index (χ0) is 13.8. The molecule has 19 heavy (non-hydrogen) atoms. The molecule has 2 rings (SSSR count). The molecule has 0 spiro atoms. The average molecular weight is 299 g/mol. The minimum Gasteiger partial charge on any atom is -0.494 e. The molecule has 1 atom stereocenters. The molecule has 0 aliphatic rings. The van der Waals surface area contributed by atoms with Gasteiger partial charge in [0.25, 0.3) is 0 Å². The van der Waals surface area contributed by atoms with Crippen LogP contribution >= 0.6 is 23.2 Å². The molecule has 1 nitrogen and oxygen atoms in total. The first-order valence-corrected chi connectivity index (χ1v) is 6.75. The SMILES string of the molecule is CCOc1ccc(C(Cl)c2cccc(Cl)c2F)cc1. The van der Waals surface area contributed by atoms with E-state index >= 15 is 0 Å². The van der Waals surface area contributed by atoms with Crippen LogP contribution in [-0.2, 0) is 0 Å². The third kappa shape index (κ3) is 3.20. The highest BCUT2D eigenvalue weighted by Crippen LogP contribution is 2.33. The highest BCUT2D eigenvalue weighted by molar-refractivity contribution is 6.31. The molecule has 0 saturated carbocycles. The quantitative estimate of drug-likeness (QED) is 0.704. The minimum atomic E-state index is -0.575. The summed E-state index contributed by atoms with van der Waals surface area (Å²) >= 11 is 12.1. The van der Waals surface area contributed by atoms with E-state index in [1.54, 1.807) is 12.1 Å². The fourth-order valence-corrected chi connectivity index (χ4v) is 2.29. The molecule has 0 aliphatic carbocycles. The van der Waals surface area contributed by atoms with E-state index in [0.29, 0.717) is 12.2 Å². The first-order valence-electron chi connectivity index (χ1n) is 5.94. The van der Waals surface area contributed by atoms with Gasteiger partial charge in [-0.05, 0) is 30.7 Å². The van der Waals surface area contributed by atoms with Crippen LogP contribution in [0.5, 0.6) is 5.75 Å². The highest BCUT2D eigenvalue weighted by Gasteiger charge is 2.17. The number of hydrogen-bond acceptors (Lipinski definition) is 1. The first-order chi connectivity index (χ1) is 9.13. The Labute approximate surface area is 121 Å². The molecule has 100 valence electrons. The second-order valence-corrected chi connectivity index (χ2v) is 4.85. The van der Waals surface area contributed by atoms with Crippen LogP contribution in [0.4, 0.5) is 4.39 Å². The van der Waals surface area contributed by atoms with Crippen molar-refractivity contribution in [2.75, 3.05) is 6.61 Å². The van der Waals surface area contributed by atoms with Gasteiger partial charge in [-0.2, -0.15) is 0 Å². The van der Waals surface area contributed by atoms with Crippen molar-refractivity contribution in [2.45, 2.75) is 12.3 Å². The van der Waals surface area contributed by atoms with Gasteiger partial charge < -0.3 is 4.74 Å². The van der Waals surface area contributed by atoms with E-state index in [1.165, 1.54) is 6.07 Å². The summed E-state index contributed by atoms with van der Waals surface area (Å²) in [6.07, 6.45) is 0. The van der Waals surface area contributed by atoms with Gasteiger partial charge in [0.05, 0.1) is 17.0 Å². The van der Waals surface area contributed by atoms with Crippen molar-refractivity contribution < 1.29 is 9.13 Å². The van der Waals surface area contributed by atoms with E-state index in [0.717, 1.165) is 11.3 Å². The molecule has 4 heteroatoms. The van der Waals surface area contributed by atoms with Crippen molar-refractivity contribution >= 4 is 23.2 Å². The molecule has 0 bridgehead atoms. The largest absolute Gasteiger partial charge is 0.494 e. The van der Waals surface area contributed by atoms with Crippen LogP contribution in [0.2, 0.25) is 5.02 Å². The van der Waals surface area contributed by atoms with Gasteiger partial charge in [-0.15, -0.1) is 11.6 Å². The van der Waals surface area contributed by atoms with E-state index in [2.05, 4.69) is 0 Å². The number of benzene rings is 2. The second kappa shape index (κ2) is 6.27. The van der Waals surface area contributed by atoms with Gasteiger partial charge in [0.15, 0.2) is 0 Å². The Kier molecular flexibility index (Phi) is 4.67. The van der Waals surface area contributed by atoms with E-state index < -0.39 is 11.2 Å². The van der Waals surface area contributed by atoms with Gasteiger partial charge >= 0.3 is 0 Å². The standard InChI is InChI=1S/C15H13Cl2FO/c1-2-19-11-8-6-10(7-9-11)14(17)12-4-3-5-13(16)15(12)18/h3-9,14H,2H2,1H3. The van der Waals surface area contributed by atoms with Crippen molar-refractivity contribution in [1.82, 2.24) is 0 Å². The maximum Gasteiger partial charge on any atom is 0.146 e. The van der Waals surface area contributed by atoms with E-state index in [1.807, 2.05) is 31.2 Å². The van der Waals surface area contributed by atoms with Crippen LogP contribution in [0.3, 0.4) is 0 Å². The summed E-state index contributed by atoms with van der Waals surface area (Å²) in [6.45, 7) is 2.52. The van der Waals surface area contributed by atoms with Crippen molar-refractivity contribution in [3.63, 3.8) is 0 Å². The van der Waals surface area contributed by atoms with Gasteiger partial charge in [-0.3, -0.25) is 0 Å². The van der Waals surface area contributed by atoms with Gasteiger partial charge in [0.1, 0.15) is 11.6 Å². The number of alkyl halides is 1. The van der Waals surface area contributed by atoms with Crippen LogP contribution < -0.4 is 4.74 Å². The number of rotatable bonds is 4. The molecule has 0 fully saturated rings. The van der Waals surface area contributed by atoms with Crippen molar-refractivity contribution in [3.8, 4) is 5.75 Å². The number of hydrogen-bond donors (Lipinski definition) is 0. The molecule has 2 aromatic carbocycles. The summed E-state index contributed by atoms with van der Waals surface area (Å²) in [6, 6.07) is 12.1. The first kappa shape index (κ1) is 14.2. The molecule has 1 unspecified atom stereocenters. The molecular formula is C15H13Cl2FO. The van der Waals surface area contributed by atoms with Gasteiger partial charge in [0.2, 0.25) is 0 Å². The fourth-order valence-electron chi connectivity index (χ4n) is 1.80. The fraction of sp³-hybridized carbons (Fsp3) is 0.200. The molecule has 0 heterocycles. The zero-order valence-electron chi connectivity index (χ0n) is 10.4. The Morgan fingerprint density at radius 1 is 1.16 bits per heavy atom. The molecule has 0 N–H and O–H groups in total.